The van der Waals surface area contributed by atoms with Crippen molar-refractivity contribution >= 4 is 23.0 Å². The number of amides is 1. The van der Waals surface area contributed by atoms with Crippen molar-refractivity contribution in [2.75, 3.05) is 16.8 Å². The summed E-state index contributed by atoms with van der Waals surface area (Å²) in [5, 5.41) is 13.9. The molecule has 1 N–H and O–H groups in total. The van der Waals surface area contributed by atoms with E-state index in [1.54, 1.807) is 13.0 Å². The summed E-state index contributed by atoms with van der Waals surface area (Å²) < 4.78 is 0. The van der Waals surface area contributed by atoms with Gasteiger partial charge in [-0.3, -0.25) is 14.9 Å². The molecule has 136 valence electrons. The third kappa shape index (κ3) is 3.69. The highest BCUT2D eigenvalue weighted by Gasteiger charge is 2.20. The summed E-state index contributed by atoms with van der Waals surface area (Å²) in [6.07, 6.45) is 3.67. The average molecular weight is 353 g/mol. The Morgan fingerprint density at radius 3 is 2.58 bits per heavy atom. The number of nitro groups is 1. The van der Waals surface area contributed by atoms with Crippen LogP contribution < -0.4 is 10.2 Å². The van der Waals surface area contributed by atoms with Crippen LogP contribution in [0.1, 0.15) is 42.1 Å². The van der Waals surface area contributed by atoms with Crippen molar-refractivity contribution in [3.63, 3.8) is 0 Å². The highest BCUT2D eigenvalue weighted by molar-refractivity contribution is 6.05. The Labute approximate surface area is 153 Å². The van der Waals surface area contributed by atoms with Crippen LogP contribution in [0.25, 0.3) is 0 Å². The zero-order valence-corrected chi connectivity index (χ0v) is 15.1. The van der Waals surface area contributed by atoms with E-state index in [0.717, 1.165) is 12.2 Å². The molecule has 0 aromatic heterocycles. The second-order valence-electron chi connectivity index (χ2n) is 6.75. The maximum atomic E-state index is 12.5. The summed E-state index contributed by atoms with van der Waals surface area (Å²) in [6.45, 7) is 4.88. The zero-order valence-electron chi connectivity index (χ0n) is 15.1. The summed E-state index contributed by atoms with van der Waals surface area (Å²) in [5.74, 6) is -0.342. The minimum atomic E-state index is -0.472. The van der Waals surface area contributed by atoms with Crippen molar-refractivity contribution < 1.29 is 9.72 Å². The molecule has 1 amide bonds. The molecule has 0 radical (unpaired) electrons. The average Bonchev–Trinajstić information content (AvgIpc) is 2.63. The van der Waals surface area contributed by atoms with Crippen molar-refractivity contribution in [3.05, 3.63) is 63.7 Å². The Hall–Kier alpha value is -2.89. The summed E-state index contributed by atoms with van der Waals surface area (Å²) in [5.41, 5.74) is 2.46. The van der Waals surface area contributed by atoms with E-state index < -0.39 is 4.92 Å². The van der Waals surface area contributed by atoms with Gasteiger partial charge in [0.05, 0.1) is 4.92 Å². The van der Waals surface area contributed by atoms with Gasteiger partial charge in [-0.15, -0.1) is 0 Å². The Bertz CT molecular complexity index is 818. The lowest BCUT2D eigenvalue weighted by atomic mass is 10.0. The minimum absolute atomic E-state index is 0.0490. The van der Waals surface area contributed by atoms with Gasteiger partial charge in [-0.25, -0.2) is 0 Å². The van der Waals surface area contributed by atoms with Gasteiger partial charge in [-0.05, 0) is 63.4 Å². The summed E-state index contributed by atoms with van der Waals surface area (Å²) in [6, 6.07) is 12.8. The molecule has 0 saturated carbocycles. The fraction of sp³-hybridized carbons (Fsp3) is 0.350. The highest BCUT2D eigenvalue weighted by atomic mass is 16.6. The van der Waals surface area contributed by atoms with Gasteiger partial charge in [-0.2, -0.15) is 0 Å². The van der Waals surface area contributed by atoms with Gasteiger partial charge in [0.15, 0.2) is 0 Å². The molecule has 6 heteroatoms. The number of carbonyl (C=O) groups excluding carboxylic acids is 1. The SMILES string of the molecule is Cc1c(C(=O)Nc2ccc(N3CCCC[C@H]3C)cc2)cccc1[N+](=O)[O-]. The molecule has 1 saturated heterocycles. The summed E-state index contributed by atoms with van der Waals surface area (Å²) >= 11 is 0. The molecule has 0 spiro atoms. The van der Waals surface area contributed by atoms with Gasteiger partial charge in [0.2, 0.25) is 0 Å². The third-order valence-electron chi connectivity index (χ3n) is 5.01. The fourth-order valence-electron chi connectivity index (χ4n) is 3.48. The lowest BCUT2D eigenvalue weighted by Crippen LogP contribution is -2.37. The van der Waals surface area contributed by atoms with Crippen LogP contribution >= 0.6 is 0 Å². The molecule has 1 heterocycles. The van der Waals surface area contributed by atoms with Crippen LogP contribution in [-0.4, -0.2) is 23.4 Å². The van der Waals surface area contributed by atoms with Crippen LogP contribution in [0.4, 0.5) is 17.1 Å². The first-order chi connectivity index (χ1) is 12.5. The second kappa shape index (κ2) is 7.56. The van der Waals surface area contributed by atoms with Crippen LogP contribution in [0.15, 0.2) is 42.5 Å². The molecule has 1 aliphatic heterocycles. The first-order valence-corrected chi connectivity index (χ1v) is 8.89. The number of nitrogens with zero attached hydrogens (tertiary/aromatic N) is 2. The third-order valence-corrected chi connectivity index (χ3v) is 5.01. The van der Waals surface area contributed by atoms with E-state index in [2.05, 4.69) is 17.1 Å². The molecule has 3 rings (SSSR count). The Morgan fingerprint density at radius 2 is 1.92 bits per heavy atom. The van der Waals surface area contributed by atoms with E-state index in [0.29, 0.717) is 22.9 Å². The number of hydrogen-bond donors (Lipinski definition) is 1. The second-order valence-corrected chi connectivity index (χ2v) is 6.75. The number of nitro benzene ring substituents is 1. The molecule has 0 bridgehead atoms. The number of benzene rings is 2. The molecular weight excluding hydrogens is 330 g/mol. The van der Waals surface area contributed by atoms with Gasteiger partial charge >= 0.3 is 0 Å². The lowest BCUT2D eigenvalue weighted by Gasteiger charge is -2.35. The van der Waals surface area contributed by atoms with Gasteiger partial charge in [0.1, 0.15) is 0 Å². The molecule has 1 aliphatic rings. The Morgan fingerprint density at radius 1 is 1.19 bits per heavy atom. The van der Waals surface area contributed by atoms with Crippen LogP contribution in [0.5, 0.6) is 0 Å². The maximum Gasteiger partial charge on any atom is 0.273 e. The predicted molar refractivity (Wildman–Crippen MR) is 103 cm³/mol. The molecule has 6 nitrogen and oxygen atoms in total. The van der Waals surface area contributed by atoms with E-state index in [1.807, 2.05) is 24.3 Å². The topological polar surface area (TPSA) is 75.5 Å². The number of anilines is 2. The molecule has 1 fully saturated rings. The number of rotatable bonds is 4. The molecule has 0 aliphatic carbocycles. The van der Waals surface area contributed by atoms with Crippen molar-refractivity contribution in [2.45, 2.75) is 39.2 Å². The Kier molecular flexibility index (Phi) is 5.21. The Balaban J connectivity index is 1.74. The van der Waals surface area contributed by atoms with E-state index in [4.69, 9.17) is 0 Å². The van der Waals surface area contributed by atoms with Crippen LogP contribution in [0.3, 0.4) is 0 Å². The van der Waals surface area contributed by atoms with E-state index >= 15 is 0 Å². The van der Waals surface area contributed by atoms with Gasteiger partial charge in [-0.1, -0.05) is 6.07 Å². The molecule has 2 aromatic rings. The van der Waals surface area contributed by atoms with E-state index in [-0.39, 0.29) is 11.6 Å². The van der Waals surface area contributed by atoms with Crippen molar-refractivity contribution in [2.24, 2.45) is 0 Å². The number of hydrogen-bond acceptors (Lipinski definition) is 4. The van der Waals surface area contributed by atoms with Crippen molar-refractivity contribution in [1.29, 1.82) is 0 Å². The van der Waals surface area contributed by atoms with E-state index in [1.165, 1.54) is 31.4 Å². The number of piperidine rings is 1. The molecular formula is C20H23N3O3. The summed E-state index contributed by atoms with van der Waals surface area (Å²) in [4.78, 5) is 25.5. The van der Waals surface area contributed by atoms with Crippen LogP contribution in [0.2, 0.25) is 0 Å². The number of nitrogens with one attached hydrogen (secondary N) is 1. The lowest BCUT2D eigenvalue weighted by molar-refractivity contribution is -0.385. The zero-order chi connectivity index (χ0) is 18.7. The van der Waals surface area contributed by atoms with Gasteiger partial charge in [0, 0.05) is 41.2 Å². The first-order valence-electron chi connectivity index (χ1n) is 8.89. The standard InChI is InChI=1S/C20H23N3O3/c1-14-6-3-4-13-22(14)17-11-9-16(10-12-17)21-20(24)18-7-5-8-19(15(18)2)23(25)26/h5,7-12,14H,3-4,6,13H2,1-2H3,(H,21,24)/t14-/m1/s1. The van der Waals surface area contributed by atoms with Crippen molar-refractivity contribution in [1.82, 2.24) is 0 Å². The quantitative estimate of drug-likeness (QED) is 0.647. The molecule has 2 aromatic carbocycles. The summed E-state index contributed by atoms with van der Waals surface area (Å²) in [7, 11) is 0. The largest absolute Gasteiger partial charge is 0.369 e. The van der Waals surface area contributed by atoms with Crippen LogP contribution in [0, 0.1) is 17.0 Å². The monoisotopic (exact) mass is 353 g/mol. The first kappa shape index (κ1) is 17.9. The van der Waals surface area contributed by atoms with Gasteiger partial charge < -0.3 is 10.2 Å². The number of carbonyl (C=O) groups is 1. The molecule has 1 atom stereocenters. The van der Waals surface area contributed by atoms with Crippen LogP contribution in [-0.2, 0) is 0 Å². The highest BCUT2D eigenvalue weighted by Crippen LogP contribution is 2.26. The predicted octanol–water partition coefficient (Wildman–Crippen LogP) is 4.53. The van der Waals surface area contributed by atoms with Crippen molar-refractivity contribution in [3.8, 4) is 0 Å². The molecule has 0 unspecified atom stereocenters. The smallest absolute Gasteiger partial charge is 0.273 e. The molecule has 26 heavy (non-hydrogen) atoms. The normalized spacial score (nSPS) is 17.0. The van der Waals surface area contributed by atoms with E-state index in [9.17, 15) is 14.9 Å². The maximum absolute atomic E-state index is 12.5. The fourth-order valence-corrected chi connectivity index (χ4v) is 3.48. The van der Waals surface area contributed by atoms with Gasteiger partial charge in [0.25, 0.3) is 11.6 Å². The minimum Gasteiger partial charge on any atom is -0.369 e.